The lowest BCUT2D eigenvalue weighted by molar-refractivity contribution is -0.129. The van der Waals surface area contributed by atoms with Crippen molar-refractivity contribution in [2.45, 2.75) is 19.3 Å². The maximum Gasteiger partial charge on any atom is 0.269 e. The average Bonchev–Trinajstić information content (AvgIpc) is 3.27. The largest absolute Gasteiger partial charge is 0.350 e. The van der Waals surface area contributed by atoms with Crippen LogP contribution in [0.5, 0.6) is 0 Å². The van der Waals surface area contributed by atoms with Crippen molar-refractivity contribution in [3.8, 4) is 5.69 Å². The third-order valence-electron chi connectivity index (χ3n) is 3.99. The van der Waals surface area contributed by atoms with Crippen LogP contribution in [0, 0.1) is 0 Å². The van der Waals surface area contributed by atoms with E-state index in [4.69, 9.17) is 0 Å². The first-order valence-electron chi connectivity index (χ1n) is 7.89. The van der Waals surface area contributed by atoms with E-state index in [1.54, 1.807) is 10.9 Å². The van der Waals surface area contributed by atoms with Gasteiger partial charge in [-0.25, -0.2) is 4.98 Å². The van der Waals surface area contributed by atoms with Crippen LogP contribution >= 0.6 is 0 Å². The van der Waals surface area contributed by atoms with Crippen molar-refractivity contribution in [3.05, 3.63) is 48.5 Å². The molecule has 0 aliphatic carbocycles. The molecule has 2 amide bonds. The van der Waals surface area contributed by atoms with Gasteiger partial charge in [0.1, 0.15) is 5.69 Å². The Morgan fingerprint density at radius 3 is 2.61 bits per heavy atom. The van der Waals surface area contributed by atoms with Crippen LogP contribution in [0.15, 0.2) is 42.9 Å². The second-order valence-electron chi connectivity index (χ2n) is 5.58. The van der Waals surface area contributed by atoms with Crippen LogP contribution in [0.2, 0.25) is 0 Å². The molecule has 120 valence electrons. The molecule has 3 rings (SSSR count). The molecule has 1 saturated heterocycles. The molecule has 1 aliphatic rings. The summed E-state index contributed by atoms with van der Waals surface area (Å²) in [4.78, 5) is 30.2. The lowest BCUT2D eigenvalue weighted by atomic mass is 10.3. The summed E-state index contributed by atoms with van der Waals surface area (Å²) in [6, 6.07) is 9.56. The number of amides is 2. The maximum atomic E-state index is 12.3. The Hall–Kier alpha value is -2.63. The fourth-order valence-electron chi connectivity index (χ4n) is 2.76. The zero-order valence-corrected chi connectivity index (χ0v) is 12.9. The quantitative estimate of drug-likeness (QED) is 0.912. The fourth-order valence-corrected chi connectivity index (χ4v) is 2.76. The normalized spacial score (nSPS) is 14.0. The van der Waals surface area contributed by atoms with Gasteiger partial charge in [0.15, 0.2) is 0 Å². The molecular weight excluding hydrogens is 292 g/mol. The van der Waals surface area contributed by atoms with Crippen LogP contribution < -0.4 is 5.32 Å². The molecule has 1 aromatic carbocycles. The molecule has 1 N–H and O–H groups in total. The third kappa shape index (κ3) is 3.59. The molecule has 0 unspecified atom stereocenters. The van der Waals surface area contributed by atoms with Gasteiger partial charge >= 0.3 is 0 Å². The van der Waals surface area contributed by atoms with Gasteiger partial charge in [-0.15, -0.1) is 0 Å². The van der Waals surface area contributed by atoms with Gasteiger partial charge in [0, 0.05) is 31.7 Å². The van der Waals surface area contributed by atoms with Gasteiger partial charge in [0.25, 0.3) is 5.91 Å². The first kappa shape index (κ1) is 15.3. The van der Waals surface area contributed by atoms with Gasteiger partial charge in [-0.05, 0) is 25.0 Å². The lowest BCUT2D eigenvalue weighted by Crippen LogP contribution is -2.33. The molecule has 23 heavy (non-hydrogen) atoms. The summed E-state index contributed by atoms with van der Waals surface area (Å²) < 4.78 is 1.73. The number of rotatable bonds is 5. The fraction of sp³-hybridized carbons (Fsp3) is 0.353. The SMILES string of the molecule is O=C(NCCC(=O)N1CCCC1)c1cncn1-c1ccccc1. The van der Waals surface area contributed by atoms with E-state index in [9.17, 15) is 9.59 Å². The molecule has 6 nitrogen and oxygen atoms in total. The monoisotopic (exact) mass is 312 g/mol. The summed E-state index contributed by atoms with van der Waals surface area (Å²) in [5, 5.41) is 2.80. The van der Waals surface area contributed by atoms with E-state index in [-0.39, 0.29) is 11.8 Å². The van der Waals surface area contributed by atoms with Crippen LogP contribution in [0.4, 0.5) is 0 Å². The summed E-state index contributed by atoms with van der Waals surface area (Å²) in [7, 11) is 0. The van der Waals surface area contributed by atoms with E-state index in [2.05, 4.69) is 10.3 Å². The van der Waals surface area contributed by atoms with E-state index < -0.39 is 0 Å². The Bertz CT molecular complexity index is 675. The summed E-state index contributed by atoms with van der Waals surface area (Å²) in [5.41, 5.74) is 1.34. The molecule has 2 aromatic rings. The van der Waals surface area contributed by atoms with Crippen LogP contribution in [0.3, 0.4) is 0 Å². The van der Waals surface area contributed by atoms with Crippen LogP contribution in [0.25, 0.3) is 5.69 Å². The van der Waals surface area contributed by atoms with E-state index in [0.29, 0.717) is 18.7 Å². The highest BCUT2D eigenvalue weighted by Crippen LogP contribution is 2.11. The first-order valence-corrected chi connectivity index (χ1v) is 7.89. The van der Waals surface area contributed by atoms with Gasteiger partial charge in [-0.3, -0.25) is 14.2 Å². The highest BCUT2D eigenvalue weighted by atomic mass is 16.2. The Kier molecular flexibility index (Phi) is 4.71. The minimum Gasteiger partial charge on any atom is -0.350 e. The molecule has 1 aromatic heterocycles. The number of aromatic nitrogens is 2. The van der Waals surface area contributed by atoms with Gasteiger partial charge in [-0.1, -0.05) is 18.2 Å². The average molecular weight is 312 g/mol. The molecule has 0 radical (unpaired) electrons. The minimum absolute atomic E-state index is 0.111. The predicted octanol–water partition coefficient (Wildman–Crippen LogP) is 1.61. The first-order chi connectivity index (χ1) is 11.3. The number of nitrogens with one attached hydrogen (secondary N) is 1. The molecule has 0 spiro atoms. The third-order valence-corrected chi connectivity index (χ3v) is 3.99. The Labute approximate surface area is 135 Å². The number of hydrogen-bond donors (Lipinski definition) is 1. The molecule has 2 heterocycles. The summed E-state index contributed by atoms with van der Waals surface area (Å²) in [5.74, 6) is -0.111. The van der Waals surface area contributed by atoms with Crippen molar-refractivity contribution < 1.29 is 9.59 Å². The summed E-state index contributed by atoms with van der Waals surface area (Å²) in [6.07, 6.45) is 5.64. The summed E-state index contributed by atoms with van der Waals surface area (Å²) in [6.45, 7) is 2.02. The highest BCUT2D eigenvalue weighted by molar-refractivity contribution is 5.93. The molecule has 6 heteroatoms. The molecule has 0 saturated carbocycles. The molecule has 1 fully saturated rings. The highest BCUT2D eigenvalue weighted by Gasteiger charge is 2.18. The lowest BCUT2D eigenvalue weighted by Gasteiger charge is -2.15. The number of likely N-dealkylation sites (tertiary alicyclic amines) is 1. The number of carbonyl (C=O) groups excluding carboxylic acids is 2. The standard InChI is InChI=1S/C17H20N4O2/c22-16(20-10-4-5-11-20)8-9-19-17(23)15-12-18-13-21(15)14-6-2-1-3-7-14/h1-3,6-7,12-13H,4-5,8-11H2,(H,19,23). The van der Waals surface area contributed by atoms with Gasteiger partial charge in [-0.2, -0.15) is 0 Å². The van der Waals surface area contributed by atoms with E-state index in [0.717, 1.165) is 31.6 Å². The Morgan fingerprint density at radius 2 is 1.87 bits per heavy atom. The number of benzene rings is 1. The van der Waals surface area contributed by atoms with Crippen molar-refractivity contribution in [3.63, 3.8) is 0 Å². The zero-order valence-electron chi connectivity index (χ0n) is 12.9. The maximum absolute atomic E-state index is 12.3. The molecular formula is C17H20N4O2. The second kappa shape index (κ2) is 7.09. The van der Waals surface area contributed by atoms with Crippen molar-refractivity contribution >= 4 is 11.8 Å². The predicted molar refractivity (Wildman–Crippen MR) is 86.3 cm³/mol. The van der Waals surface area contributed by atoms with Gasteiger partial charge in [0.05, 0.1) is 12.5 Å². The minimum atomic E-state index is -0.222. The number of nitrogens with zero attached hydrogens (tertiary/aromatic N) is 3. The van der Waals surface area contributed by atoms with Gasteiger partial charge in [0.2, 0.25) is 5.91 Å². The topological polar surface area (TPSA) is 67.2 Å². The van der Waals surface area contributed by atoms with Crippen molar-refractivity contribution in [2.24, 2.45) is 0 Å². The molecule has 1 aliphatic heterocycles. The van der Waals surface area contributed by atoms with E-state index in [1.165, 1.54) is 6.20 Å². The van der Waals surface area contributed by atoms with Gasteiger partial charge < -0.3 is 10.2 Å². The Balaban J connectivity index is 1.57. The zero-order chi connectivity index (χ0) is 16.1. The van der Waals surface area contributed by atoms with E-state index in [1.807, 2.05) is 35.2 Å². The summed E-state index contributed by atoms with van der Waals surface area (Å²) >= 11 is 0. The number of imidazole rings is 1. The second-order valence-corrected chi connectivity index (χ2v) is 5.58. The van der Waals surface area contributed by atoms with Crippen LogP contribution in [-0.2, 0) is 4.79 Å². The molecule has 0 bridgehead atoms. The van der Waals surface area contributed by atoms with Crippen LogP contribution in [-0.4, -0.2) is 45.9 Å². The van der Waals surface area contributed by atoms with Crippen LogP contribution in [0.1, 0.15) is 29.8 Å². The van der Waals surface area contributed by atoms with E-state index >= 15 is 0 Å². The number of hydrogen-bond acceptors (Lipinski definition) is 3. The number of carbonyl (C=O) groups is 2. The van der Waals surface area contributed by atoms with Crippen molar-refractivity contribution in [1.82, 2.24) is 19.8 Å². The smallest absolute Gasteiger partial charge is 0.269 e. The van der Waals surface area contributed by atoms with Crippen molar-refractivity contribution in [1.29, 1.82) is 0 Å². The van der Waals surface area contributed by atoms with Crippen molar-refractivity contribution in [2.75, 3.05) is 19.6 Å². The number of para-hydroxylation sites is 1. The Morgan fingerprint density at radius 1 is 1.13 bits per heavy atom. The molecule has 0 atom stereocenters.